The molecule has 0 N–H and O–H groups in total. The van der Waals surface area contributed by atoms with Gasteiger partial charge >= 0.3 is 0 Å². The minimum Gasteiger partial charge on any atom is -0.299 e. The van der Waals surface area contributed by atoms with Crippen molar-refractivity contribution in [3.05, 3.63) is 11.6 Å². The Morgan fingerprint density at radius 2 is 1.69 bits per heavy atom. The van der Waals surface area contributed by atoms with Crippen molar-refractivity contribution in [3.8, 4) is 0 Å². The summed E-state index contributed by atoms with van der Waals surface area (Å²) in [6.07, 6.45) is 15.6. The van der Waals surface area contributed by atoms with Crippen LogP contribution in [0.1, 0.15) is 120 Å². The fraction of sp³-hybridized carbons (Fsp3) is 0.903. The Morgan fingerprint density at radius 3 is 2.34 bits per heavy atom. The zero-order valence-electron chi connectivity index (χ0n) is 22.6. The molecule has 0 bridgehead atoms. The maximum Gasteiger partial charge on any atom is 0.142 e. The van der Waals surface area contributed by atoms with Crippen LogP contribution in [0.3, 0.4) is 0 Å². The third-order valence-corrected chi connectivity index (χ3v) is 11.9. The quantitative estimate of drug-likeness (QED) is 0.377. The Hall–Kier alpha value is -0.590. The minimum absolute atomic E-state index is 0.238. The Balaban J connectivity index is 1.52. The zero-order chi connectivity index (χ0) is 23.5. The number of fused-ring (bicyclic) bond motifs is 5. The molecule has 0 unspecified atom stereocenters. The number of allylic oxidation sites excluding steroid dienone is 2. The smallest absolute Gasteiger partial charge is 0.142 e. The molecular formula is C31H52O. The van der Waals surface area contributed by atoms with Gasteiger partial charge in [0.15, 0.2) is 0 Å². The summed E-state index contributed by atoms with van der Waals surface area (Å²) < 4.78 is 0. The summed E-state index contributed by atoms with van der Waals surface area (Å²) in [7, 11) is 0. The van der Waals surface area contributed by atoms with Crippen molar-refractivity contribution in [1.82, 2.24) is 0 Å². The predicted molar refractivity (Wildman–Crippen MR) is 136 cm³/mol. The van der Waals surface area contributed by atoms with Gasteiger partial charge in [0.2, 0.25) is 0 Å². The molecule has 0 amide bonds. The highest BCUT2D eigenvalue weighted by Gasteiger charge is 2.61. The van der Waals surface area contributed by atoms with Crippen LogP contribution >= 0.6 is 0 Å². The van der Waals surface area contributed by atoms with Gasteiger partial charge in [0.25, 0.3) is 0 Å². The third-order valence-electron chi connectivity index (χ3n) is 11.9. The van der Waals surface area contributed by atoms with E-state index in [9.17, 15) is 4.79 Å². The summed E-state index contributed by atoms with van der Waals surface area (Å²) in [6.45, 7) is 19.5. The highest BCUT2D eigenvalue weighted by Crippen LogP contribution is 2.68. The van der Waals surface area contributed by atoms with Crippen molar-refractivity contribution in [2.24, 2.45) is 57.7 Å². The molecule has 8 atom stereocenters. The number of hydrogen-bond donors (Lipinski definition) is 0. The van der Waals surface area contributed by atoms with Crippen LogP contribution in [0.5, 0.6) is 0 Å². The van der Waals surface area contributed by atoms with Crippen LogP contribution in [-0.4, -0.2) is 5.78 Å². The Labute approximate surface area is 199 Å². The first-order chi connectivity index (χ1) is 15.0. The van der Waals surface area contributed by atoms with E-state index < -0.39 is 0 Å². The maximum absolute atomic E-state index is 12.8. The summed E-state index contributed by atoms with van der Waals surface area (Å²) in [6, 6.07) is 0. The number of carbonyl (C=O) groups is 1. The summed E-state index contributed by atoms with van der Waals surface area (Å²) in [5.41, 5.74) is 2.07. The van der Waals surface area contributed by atoms with E-state index in [0.29, 0.717) is 11.2 Å². The minimum atomic E-state index is -0.238. The first-order valence-corrected chi connectivity index (χ1v) is 14.2. The topological polar surface area (TPSA) is 17.1 Å². The lowest BCUT2D eigenvalue weighted by Gasteiger charge is -2.60. The molecule has 0 aromatic carbocycles. The molecule has 0 aromatic heterocycles. The lowest BCUT2D eigenvalue weighted by Crippen LogP contribution is -2.53. The fourth-order valence-electron chi connectivity index (χ4n) is 9.88. The predicted octanol–water partition coefficient (Wildman–Crippen LogP) is 8.87. The highest BCUT2D eigenvalue weighted by atomic mass is 16.1. The lowest BCUT2D eigenvalue weighted by atomic mass is 9.44. The van der Waals surface area contributed by atoms with Gasteiger partial charge in [0.05, 0.1) is 0 Å². The molecule has 3 fully saturated rings. The SMILES string of the molecule is CC[C@H](CC[C@@H](C)[C@@H]1CC[C@@H]2[C@H]3CC=C4C(C)(C)C(=O)CC[C@]4(C)[C@@H]3CC[C@@]21C)C(C)C. The van der Waals surface area contributed by atoms with E-state index in [1.165, 1.54) is 56.9 Å². The van der Waals surface area contributed by atoms with Crippen molar-refractivity contribution >= 4 is 5.78 Å². The monoisotopic (exact) mass is 440 g/mol. The second-order valence-electron chi connectivity index (χ2n) is 13.9. The van der Waals surface area contributed by atoms with Crippen LogP contribution < -0.4 is 0 Å². The standard InChI is InChI=1S/C31H52O/c1-9-22(20(2)3)11-10-21(4)24-13-14-25-23-12-15-27-29(5,6)28(32)17-19-31(27,8)26(23)16-18-30(24,25)7/h15,20-26H,9-14,16-19H2,1-8H3/t21-,22-,23-,24+,25-,26-,30-,31-/m1/s1. The summed E-state index contributed by atoms with van der Waals surface area (Å²) in [4.78, 5) is 12.8. The van der Waals surface area contributed by atoms with Crippen molar-refractivity contribution < 1.29 is 4.79 Å². The first kappa shape index (κ1) is 24.5. The van der Waals surface area contributed by atoms with Gasteiger partial charge in [-0.25, -0.2) is 0 Å². The van der Waals surface area contributed by atoms with Crippen molar-refractivity contribution in [2.45, 2.75) is 120 Å². The van der Waals surface area contributed by atoms with Crippen LogP contribution in [0, 0.1) is 57.7 Å². The van der Waals surface area contributed by atoms with Gasteiger partial charge in [-0.1, -0.05) is 66.0 Å². The maximum atomic E-state index is 12.8. The van der Waals surface area contributed by atoms with Gasteiger partial charge in [-0.05, 0) is 111 Å². The zero-order valence-corrected chi connectivity index (χ0v) is 22.6. The summed E-state index contributed by atoms with van der Waals surface area (Å²) >= 11 is 0. The molecule has 0 radical (unpaired) electrons. The molecule has 4 rings (SSSR count). The Kier molecular flexibility index (Phi) is 6.57. The molecule has 0 heterocycles. The van der Waals surface area contributed by atoms with Crippen LogP contribution in [0.4, 0.5) is 0 Å². The van der Waals surface area contributed by atoms with E-state index in [2.05, 4.69) is 61.5 Å². The Morgan fingerprint density at radius 1 is 0.969 bits per heavy atom. The normalized spacial score (nSPS) is 42.7. The molecule has 1 heteroatoms. The average Bonchev–Trinajstić information content (AvgIpc) is 3.08. The molecule has 0 aromatic rings. The number of rotatable bonds is 6. The van der Waals surface area contributed by atoms with E-state index in [-0.39, 0.29) is 10.8 Å². The fourth-order valence-corrected chi connectivity index (χ4v) is 9.88. The largest absolute Gasteiger partial charge is 0.299 e. The molecule has 0 spiro atoms. The molecule has 4 aliphatic carbocycles. The van der Waals surface area contributed by atoms with Crippen molar-refractivity contribution in [1.29, 1.82) is 0 Å². The van der Waals surface area contributed by atoms with Crippen LogP contribution in [0.25, 0.3) is 0 Å². The molecule has 0 saturated heterocycles. The third kappa shape index (κ3) is 3.67. The lowest BCUT2D eigenvalue weighted by molar-refractivity contribution is -0.132. The van der Waals surface area contributed by atoms with Gasteiger partial charge in [-0.3, -0.25) is 4.79 Å². The summed E-state index contributed by atoms with van der Waals surface area (Å²) in [5, 5.41) is 0. The van der Waals surface area contributed by atoms with Gasteiger partial charge < -0.3 is 0 Å². The molecule has 182 valence electrons. The number of carbonyl (C=O) groups excluding carboxylic acids is 1. The Bertz CT molecular complexity index is 744. The molecular weight excluding hydrogens is 388 g/mol. The van der Waals surface area contributed by atoms with Crippen LogP contribution in [0.15, 0.2) is 11.6 Å². The number of hydrogen-bond acceptors (Lipinski definition) is 1. The molecule has 32 heavy (non-hydrogen) atoms. The van der Waals surface area contributed by atoms with Gasteiger partial charge in [-0.15, -0.1) is 0 Å². The van der Waals surface area contributed by atoms with Crippen LogP contribution in [-0.2, 0) is 4.79 Å². The second-order valence-corrected chi connectivity index (χ2v) is 13.9. The molecule has 0 aliphatic heterocycles. The first-order valence-electron chi connectivity index (χ1n) is 14.2. The molecule has 4 aliphatic rings. The molecule has 1 nitrogen and oxygen atoms in total. The van der Waals surface area contributed by atoms with Gasteiger partial charge in [0, 0.05) is 11.8 Å². The van der Waals surface area contributed by atoms with E-state index in [4.69, 9.17) is 0 Å². The number of ketones is 1. The summed E-state index contributed by atoms with van der Waals surface area (Å²) in [5.74, 6) is 6.53. The van der Waals surface area contributed by atoms with E-state index in [0.717, 1.165) is 54.3 Å². The molecule has 3 saturated carbocycles. The van der Waals surface area contributed by atoms with E-state index in [1.807, 2.05) is 0 Å². The van der Waals surface area contributed by atoms with Gasteiger partial charge in [0.1, 0.15) is 5.78 Å². The van der Waals surface area contributed by atoms with Crippen molar-refractivity contribution in [3.63, 3.8) is 0 Å². The second kappa shape index (κ2) is 8.57. The van der Waals surface area contributed by atoms with Crippen LogP contribution in [0.2, 0.25) is 0 Å². The highest BCUT2D eigenvalue weighted by molar-refractivity contribution is 5.89. The van der Waals surface area contributed by atoms with Gasteiger partial charge in [-0.2, -0.15) is 0 Å². The van der Waals surface area contributed by atoms with Crippen molar-refractivity contribution in [2.75, 3.05) is 0 Å². The van der Waals surface area contributed by atoms with E-state index >= 15 is 0 Å². The number of Topliss-reactive ketones (excluding diaryl/α,β-unsaturated/α-hetero) is 1. The van der Waals surface area contributed by atoms with E-state index in [1.54, 1.807) is 0 Å². The average molecular weight is 441 g/mol.